The van der Waals surface area contributed by atoms with E-state index in [1.54, 1.807) is 0 Å². The molecule has 0 saturated heterocycles. The van der Waals surface area contributed by atoms with Crippen LogP contribution in [0.25, 0.3) is 0 Å². The van der Waals surface area contributed by atoms with Gasteiger partial charge in [0, 0.05) is 29.7 Å². The maximum atomic E-state index is 4.78. The molecule has 4 rings (SSSR count). The number of para-hydroxylation sites is 1. The summed E-state index contributed by atoms with van der Waals surface area (Å²) in [4.78, 5) is 11.6. The fraction of sp³-hybridized carbons (Fsp3) is 0.238. The van der Waals surface area contributed by atoms with Gasteiger partial charge in [-0.25, -0.2) is 4.98 Å². The largest absolute Gasteiger partial charge is 0.326 e. The first-order chi connectivity index (χ1) is 12.2. The molecule has 0 atom stereocenters. The van der Waals surface area contributed by atoms with E-state index in [-0.39, 0.29) is 0 Å². The first-order valence-corrected chi connectivity index (χ1v) is 8.74. The molecule has 0 fully saturated rings. The molecule has 4 heteroatoms. The summed E-state index contributed by atoms with van der Waals surface area (Å²) in [5, 5.41) is 3.33. The number of rotatable bonds is 3. The fourth-order valence-corrected chi connectivity index (χ4v) is 3.28. The van der Waals surface area contributed by atoms with Gasteiger partial charge in [-0.15, -0.1) is 0 Å². The van der Waals surface area contributed by atoms with Gasteiger partial charge in [0.05, 0.1) is 0 Å². The molecule has 3 aromatic rings. The van der Waals surface area contributed by atoms with Crippen molar-refractivity contribution in [1.29, 1.82) is 0 Å². The van der Waals surface area contributed by atoms with Crippen LogP contribution in [-0.2, 0) is 6.42 Å². The average Bonchev–Trinajstić information content (AvgIpc) is 2.63. The Hall–Kier alpha value is -2.88. The minimum Gasteiger partial charge on any atom is -0.326 e. The van der Waals surface area contributed by atoms with Gasteiger partial charge >= 0.3 is 0 Å². The molecule has 25 heavy (non-hydrogen) atoms. The lowest BCUT2D eigenvalue weighted by atomic mass is 10.0. The van der Waals surface area contributed by atoms with Crippen molar-refractivity contribution in [2.45, 2.75) is 26.7 Å². The van der Waals surface area contributed by atoms with E-state index >= 15 is 0 Å². The van der Waals surface area contributed by atoms with Gasteiger partial charge in [-0.1, -0.05) is 35.9 Å². The van der Waals surface area contributed by atoms with Crippen molar-refractivity contribution >= 4 is 23.1 Å². The van der Waals surface area contributed by atoms with E-state index in [2.05, 4.69) is 76.7 Å². The van der Waals surface area contributed by atoms with Gasteiger partial charge in [-0.2, -0.15) is 4.98 Å². The molecule has 0 amide bonds. The minimum absolute atomic E-state index is 0.641. The van der Waals surface area contributed by atoms with Gasteiger partial charge in [0.15, 0.2) is 0 Å². The molecule has 0 spiro atoms. The van der Waals surface area contributed by atoms with E-state index in [0.717, 1.165) is 36.6 Å². The first kappa shape index (κ1) is 15.6. The van der Waals surface area contributed by atoms with E-state index in [1.807, 2.05) is 6.92 Å². The van der Waals surface area contributed by atoms with Crippen molar-refractivity contribution in [3.8, 4) is 0 Å². The summed E-state index contributed by atoms with van der Waals surface area (Å²) in [7, 11) is 0. The highest BCUT2D eigenvalue weighted by atomic mass is 15.2. The number of nitrogens with one attached hydrogen (secondary N) is 1. The van der Waals surface area contributed by atoms with Crippen molar-refractivity contribution in [2.24, 2.45) is 0 Å². The normalized spacial score (nSPS) is 13.4. The number of nitrogens with zero attached hydrogens (tertiary/aromatic N) is 3. The van der Waals surface area contributed by atoms with Gasteiger partial charge in [0.2, 0.25) is 5.95 Å². The van der Waals surface area contributed by atoms with Gasteiger partial charge in [-0.3, -0.25) is 0 Å². The monoisotopic (exact) mass is 330 g/mol. The van der Waals surface area contributed by atoms with Gasteiger partial charge in [0.1, 0.15) is 5.82 Å². The Morgan fingerprint density at radius 1 is 0.960 bits per heavy atom. The van der Waals surface area contributed by atoms with Gasteiger partial charge in [0.25, 0.3) is 0 Å². The number of hydrogen-bond donors (Lipinski definition) is 1. The van der Waals surface area contributed by atoms with Crippen molar-refractivity contribution < 1.29 is 0 Å². The second-order valence-corrected chi connectivity index (χ2v) is 6.57. The Balaban J connectivity index is 1.67. The summed E-state index contributed by atoms with van der Waals surface area (Å²) >= 11 is 0. The van der Waals surface area contributed by atoms with E-state index in [1.165, 1.54) is 16.8 Å². The second kappa shape index (κ2) is 6.55. The van der Waals surface area contributed by atoms with Crippen molar-refractivity contribution in [3.05, 3.63) is 71.4 Å². The molecule has 0 radical (unpaired) electrons. The zero-order chi connectivity index (χ0) is 17.2. The molecule has 4 nitrogen and oxygen atoms in total. The van der Waals surface area contributed by atoms with Crippen LogP contribution < -0.4 is 10.2 Å². The molecular weight excluding hydrogens is 308 g/mol. The quantitative estimate of drug-likeness (QED) is 0.740. The van der Waals surface area contributed by atoms with E-state index in [0.29, 0.717) is 5.95 Å². The first-order valence-electron chi connectivity index (χ1n) is 8.74. The zero-order valence-corrected chi connectivity index (χ0v) is 14.7. The Kier molecular flexibility index (Phi) is 4.10. The van der Waals surface area contributed by atoms with Crippen LogP contribution in [0.5, 0.6) is 0 Å². The fourth-order valence-electron chi connectivity index (χ4n) is 3.28. The number of aryl methyl sites for hydroxylation is 3. The number of aromatic nitrogens is 2. The van der Waals surface area contributed by atoms with Crippen molar-refractivity contribution in [1.82, 2.24) is 9.97 Å². The molecule has 1 N–H and O–H groups in total. The van der Waals surface area contributed by atoms with Crippen LogP contribution in [0.4, 0.5) is 23.1 Å². The van der Waals surface area contributed by atoms with Crippen LogP contribution in [0.15, 0.2) is 54.6 Å². The van der Waals surface area contributed by atoms with E-state index in [4.69, 9.17) is 4.98 Å². The molecule has 2 heterocycles. The Morgan fingerprint density at radius 2 is 1.76 bits per heavy atom. The molecule has 0 bridgehead atoms. The van der Waals surface area contributed by atoms with E-state index < -0.39 is 0 Å². The predicted octanol–water partition coefficient (Wildman–Crippen LogP) is 4.92. The summed E-state index contributed by atoms with van der Waals surface area (Å²) < 4.78 is 0. The average molecular weight is 330 g/mol. The molecule has 1 aromatic heterocycles. The van der Waals surface area contributed by atoms with Crippen LogP contribution >= 0.6 is 0 Å². The number of fused-ring (bicyclic) bond motifs is 1. The lowest BCUT2D eigenvalue weighted by molar-refractivity contribution is 0.758. The second-order valence-electron chi connectivity index (χ2n) is 6.57. The van der Waals surface area contributed by atoms with Crippen LogP contribution in [-0.4, -0.2) is 16.5 Å². The van der Waals surface area contributed by atoms with Crippen LogP contribution in [0.1, 0.15) is 23.2 Å². The Labute approximate surface area is 148 Å². The summed E-state index contributed by atoms with van der Waals surface area (Å²) in [5.74, 6) is 1.59. The third-order valence-electron chi connectivity index (χ3n) is 4.54. The highest BCUT2D eigenvalue weighted by Crippen LogP contribution is 2.33. The number of benzene rings is 2. The number of hydrogen-bond acceptors (Lipinski definition) is 4. The molecular formula is C21H22N4. The summed E-state index contributed by atoms with van der Waals surface area (Å²) in [6.07, 6.45) is 2.27. The molecule has 0 unspecified atom stereocenters. The Morgan fingerprint density at radius 3 is 2.60 bits per heavy atom. The maximum absolute atomic E-state index is 4.78. The number of anilines is 4. The van der Waals surface area contributed by atoms with Crippen LogP contribution in [0, 0.1) is 13.8 Å². The third kappa shape index (κ3) is 3.33. The standard InChI is InChI=1S/C21H22N4/c1-15-9-11-18(12-10-15)23-21-22-16(2)14-20(24-21)25-13-5-7-17-6-3-4-8-19(17)25/h3-4,6,8-12,14H,5,7,13H2,1-2H3,(H,22,23,24). The van der Waals surface area contributed by atoms with Crippen molar-refractivity contribution in [2.75, 3.05) is 16.8 Å². The minimum atomic E-state index is 0.641. The SMILES string of the molecule is Cc1ccc(Nc2nc(C)cc(N3CCCc4ccccc43)n2)cc1. The topological polar surface area (TPSA) is 41.1 Å². The summed E-state index contributed by atoms with van der Waals surface area (Å²) in [5.41, 5.74) is 5.84. The molecule has 126 valence electrons. The smallest absolute Gasteiger partial charge is 0.229 e. The third-order valence-corrected chi connectivity index (χ3v) is 4.54. The Bertz CT molecular complexity index is 887. The van der Waals surface area contributed by atoms with Gasteiger partial charge < -0.3 is 10.2 Å². The van der Waals surface area contributed by atoms with Crippen molar-refractivity contribution in [3.63, 3.8) is 0 Å². The van der Waals surface area contributed by atoms with Crippen LogP contribution in [0.2, 0.25) is 0 Å². The molecule has 0 saturated carbocycles. The molecule has 1 aliphatic heterocycles. The zero-order valence-electron chi connectivity index (χ0n) is 14.7. The van der Waals surface area contributed by atoms with Crippen LogP contribution in [0.3, 0.4) is 0 Å². The summed E-state index contributed by atoms with van der Waals surface area (Å²) in [6, 6.07) is 18.9. The highest BCUT2D eigenvalue weighted by molar-refractivity contribution is 5.67. The maximum Gasteiger partial charge on any atom is 0.229 e. The molecule has 2 aromatic carbocycles. The van der Waals surface area contributed by atoms with E-state index in [9.17, 15) is 0 Å². The lowest BCUT2D eigenvalue weighted by Gasteiger charge is -2.30. The molecule has 1 aliphatic rings. The highest BCUT2D eigenvalue weighted by Gasteiger charge is 2.19. The molecule has 0 aliphatic carbocycles. The lowest BCUT2D eigenvalue weighted by Crippen LogP contribution is -2.25. The van der Waals surface area contributed by atoms with Gasteiger partial charge in [-0.05, 0) is 50.5 Å². The predicted molar refractivity (Wildman–Crippen MR) is 103 cm³/mol. The summed E-state index contributed by atoms with van der Waals surface area (Å²) in [6.45, 7) is 5.08.